The van der Waals surface area contributed by atoms with Crippen LogP contribution in [0.5, 0.6) is 0 Å². The van der Waals surface area contributed by atoms with Gasteiger partial charge < -0.3 is 10.2 Å². The summed E-state index contributed by atoms with van der Waals surface area (Å²) in [5.74, 6) is -1.13. The number of rotatable bonds is 10. The van der Waals surface area contributed by atoms with Crippen LogP contribution in [0.15, 0.2) is 88.2 Å². The molecule has 1 fully saturated rings. The number of benzene rings is 3. The molecule has 2 amide bonds. The molecule has 3 aromatic rings. The molecule has 0 aliphatic heterocycles. The van der Waals surface area contributed by atoms with Gasteiger partial charge in [0.1, 0.15) is 12.6 Å². The van der Waals surface area contributed by atoms with E-state index in [1.165, 1.54) is 35.2 Å². The zero-order chi connectivity index (χ0) is 31.2. The Morgan fingerprint density at radius 3 is 2.28 bits per heavy atom. The van der Waals surface area contributed by atoms with Crippen molar-refractivity contribution in [1.82, 2.24) is 10.2 Å². The van der Waals surface area contributed by atoms with Crippen LogP contribution in [0.25, 0.3) is 0 Å². The quantitative estimate of drug-likeness (QED) is 0.264. The molecule has 1 N–H and O–H groups in total. The molecule has 3 aromatic carbocycles. The fourth-order valence-corrected chi connectivity index (χ4v) is 6.94. The molecule has 1 atom stereocenters. The second kappa shape index (κ2) is 13.9. The van der Waals surface area contributed by atoms with E-state index in [-0.39, 0.29) is 29.1 Å². The van der Waals surface area contributed by atoms with E-state index in [1.54, 1.807) is 37.3 Å². The number of hydrogen-bond acceptors (Lipinski definition) is 4. The number of halogens is 4. The van der Waals surface area contributed by atoms with E-state index in [2.05, 4.69) is 21.2 Å². The Hall–Kier alpha value is -3.38. The SMILES string of the molecule is CC(C(=O)NC1CCCCC1)N(Cc1cccc(Br)c1)C(=O)CN(c1cccc(C(F)(F)F)c1)S(=O)(=O)c1ccccc1. The standard InChI is InChI=1S/C31H33BrF3N3O4S/c1-22(30(40)36-26-13-4-2-5-14-26)37(20-23-10-8-12-25(32)18-23)29(39)21-38(43(41,42)28-16-6-3-7-17-28)27-15-9-11-24(19-27)31(33,34)35/h3,6-12,15-19,22,26H,2,4-5,13-14,20-21H2,1H3,(H,36,40). The third kappa shape index (κ3) is 8.38. The van der Waals surface area contributed by atoms with Crippen molar-refractivity contribution in [3.8, 4) is 0 Å². The molecule has 0 aromatic heterocycles. The van der Waals surface area contributed by atoms with Gasteiger partial charge >= 0.3 is 6.18 Å². The van der Waals surface area contributed by atoms with Crippen LogP contribution in [0.1, 0.15) is 50.2 Å². The van der Waals surface area contributed by atoms with Crippen molar-refractivity contribution < 1.29 is 31.2 Å². The molecule has 0 saturated heterocycles. The minimum Gasteiger partial charge on any atom is -0.352 e. The summed E-state index contributed by atoms with van der Waals surface area (Å²) < 4.78 is 69.9. The van der Waals surface area contributed by atoms with Gasteiger partial charge in [0.25, 0.3) is 10.0 Å². The number of nitrogens with one attached hydrogen (secondary N) is 1. The van der Waals surface area contributed by atoms with Crippen molar-refractivity contribution in [3.63, 3.8) is 0 Å². The Balaban J connectivity index is 1.71. The number of carbonyl (C=O) groups is 2. The number of sulfonamides is 1. The summed E-state index contributed by atoms with van der Waals surface area (Å²) >= 11 is 3.40. The van der Waals surface area contributed by atoms with E-state index in [4.69, 9.17) is 0 Å². The second-order valence-electron chi connectivity index (χ2n) is 10.5. The maximum atomic E-state index is 14.0. The van der Waals surface area contributed by atoms with Crippen LogP contribution in [0.3, 0.4) is 0 Å². The highest BCUT2D eigenvalue weighted by Gasteiger charge is 2.35. The summed E-state index contributed by atoms with van der Waals surface area (Å²) in [6.07, 6.45) is -0.00266. The van der Waals surface area contributed by atoms with Gasteiger partial charge in [0.15, 0.2) is 0 Å². The number of hydrogen-bond donors (Lipinski definition) is 1. The highest BCUT2D eigenvalue weighted by atomic mass is 79.9. The van der Waals surface area contributed by atoms with Crippen LogP contribution >= 0.6 is 15.9 Å². The van der Waals surface area contributed by atoms with Gasteiger partial charge in [-0.15, -0.1) is 0 Å². The molecular weight excluding hydrogens is 647 g/mol. The predicted octanol–water partition coefficient (Wildman–Crippen LogP) is 6.53. The Labute approximate surface area is 258 Å². The summed E-state index contributed by atoms with van der Waals surface area (Å²) in [5.41, 5.74) is -0.706. The third-order valence-electron chi connectivity index (χ3n) is 7.43. The van der Waals surface area contributed by atoms with E-state index in [0.29, 0.717) is 15.9 Å². The molecule has 12 heteroatoms. The molecule has 0 heterocycles. The lowest BCUT2D eigenvalue weighted by Gasteiger charge is -2.33. The van der Waals surface area contributed by atoms with E-state index >= 15 is 0 Å². The van der Waals surface area contributed by atoms with E-state index in [9.17, 15) is 31.2 Å². The van der Waals surface area contributed by atoms with Crippen molar-refractivity contribution in [2.45, 2.75) is 68.7 Å². The molecule has 1 saturated carbocycles. The van der Waals surface area contributed by atoms with E-state index in [0.717, 1.165) is 48.7 Å². The lowest BCUT2D eigenvalue weighted by Crippen LogP contribution is -2.53. The van der Waals surface area contributed by atoms with Gasteiger partial charge in [0, 0.05) is 17.1 Å². The highest BCUT2D eigenvalue weighted by molar-refractivity contribution is 9.10. The van der Waals surface area contributed by atoms with Crippen LogP contribution < -0.4 is 9.62 Å². The lowest BCUT2D eigenvalue weighted by molar-refractivity contribution is -0.139. The van der Waals surface area contributed by atoms with Gasteiger partial charge in [-0.25, -0.2) is 8.42 Å². The molecule has 1 aliphatic carbocycles. The van der Waals surface area contributed by atoms with Crippen molar-refractivity contribution in [3.05, 3.63) is 94.5 Å². The first-order valence-electron chi connectivity index (χ1n) is 14.0. The Morgan fingerprint density at radius 1 is 0.953 bits per heavy atom. The van der Waals surface area contributed by atoms with E-state index in [1.807, 2.05) is 0 Å². The number of anilines is 1. The largest absolute Gasteiger partial charge is 0.416 e. The second-order valence-corrected chi connectivity index (χ2v) is 13.3. The maximum absolute atomic E-state index is 14.0. The molecule has 0 spiro atoms. The average molecular weight is 681 g/mol. The first-order chi connectivity index (χ1) is 20.4. The minimum absolute atomic E-state index is 0.0217. The highest BCUT2D eigenvalue weighted by Crippen LogP contribution is 2.33. The molecule has 230 valence electrons. The van der Waals surface area contributed by atoms with Gasteiger partial charge in [-0.1, -0.05) is 71.6 Å². The van der Waals surface area contributed by atoms with Gasteiger partial charge in [-0.3, -0.25) is 13.9 Å². The van der Waals surface area contributed by atoms with Gasteiger partial charge in [0.2, 0.25) is 11.8 Å². The molecule has 43 heavy (non-hydrogen) atoms. The van der Waals surface area contributed by atoms with Crippen LogP contribution in [0.4, 0.5) is 18.9 Å². The minimum atomic E-state index is -4.74. The molecule has 0 radical (unpaired) electrons. The van der Waals surface area contributed by atoms with Crippen LogP contribution in [-0.4, -0.2) is 43.8 Å². The zero-order valence-corrected chi connectivity index (χ0v) is 26.0. The summed E-state index contributed by atoms with van der Waals surface area (Å²) in [5, 5.41) is 3.02. The number of carbonyl (C=O) groups excluding carboxylic acids is 2. The fraction of sp³-hybridized carbons (Fsp3) is 0.355. The Bertz CT molecular complexity index is 1530. The number of nitrogens with zero attached hydrogens (tertiary/aromatic N) is 2. The van der Waals surface area contributed by atoms with Crippen molar-refractivity contribution in [2.24, 2.45) is 0 Å². The predicted molar refractivity (Wildman–Crippen MR) is 162 cm³/mol. The zero-order valence-electron chi connectivity index (χ0n) is 23.6. The van der Waals surface area contributed by atoms with Gasteiger partial charge in [-0.05, 0) is 67.8 Å². The molecule has 4 rings (SSSR count). The van der Waals surface area contributed by atoms with Crippen molar-refractivity contribution in [1.29, 1.82) is 0 Å². The monoisotopic (exact) mass is 679 g/mol. The fourth-order valence-electron chi connectivity index (χ4n) is 5.07. The normalized spacial score (nSPS) is 15.0. The topological polar surface area (TPSA) is 86.8 Å². The number of amides is 2. The summed E-state index contributed by atoms with van der Waals surface area (Å²) in [4.78, 5) is 28.5. The van der Waals surface area contributed by atoms with Crippen LogP contribution in [0, 0.1) is 0 Å². The third-order valence-corrected chi connectivity index (χ3v) is 9.71. The van der Waals surface area contributed by atoms with Crippen LogP contribution in [0.2, 0.25) is 0 Å². The lowest BCUT2D eigenvalue weighted by atomic mass is 9.95. The Kier molecular flexibility index (Phi) is 10.5. The number of alkyl halides is 3. The van der Waals surface area contributed by atoms with E-state index < -0.39 is 40.3 Å². The molecule has 1 unspecified atom stereocenters. The summed E-state index contributed by atoms with van der Waals surface area (Å²) in [6.45, 7) is 0.710. The van der Waals surface area contributed by atoms with Gasteiger partial charge in [0.05, 0.1) is 16.1 Å². The molecule has 7 nitrogen and oxygen atoms in total. The van der Waals surface area contributed by atoms with Crippen molar-refractivity contribution in [2.75, 3.05) is 10.8 Å². The smallest absolute Gasteiger partial charge is 0.352 e. The van der Waals surface area contributed by atoms with Crippen LogP contribution in [-0.2, 0) is 32.3 Å². The Morgan fingerprint density at radius 2 is 1.63 bits per heavy atom. The maximum Gasteiger partial charge on any atom is 0.416 e. The average Bonchev–Trinajstić information content (AvgIpc) is 2.98. The van der Waals surface area contributed by atoms with Crippen molar-refractivity contribution >= 4 is 43.5 Å². The molecular formula is C31H33BrF3N3O4S. The first kappa shape index (κ1) is 32.5. The first-order valence-corrected chi connectivity index (χ1v) is 16.2. The molecule has 0 bridgehead atoms. The summed E-state index contributed by atoms with van der Waals surface area (Å²) in [7, 11) is -4.48. The summed E-state index contributed by atoms with van der Waals surface area (Å²) in [6, 6.07) is 17.1. The van der Waals surface area contributed by atoms with Gasteiger partial charge in [-0.2, -0.15) is 13.2 Å². The molecule has 1 aliphatic rings.